The summed E-state index contributed by atoms with van der Waals surface area (Å²) in [5.41, 5.74) is -2.12. The van der Waals surface area contributed by atoms with Crippen molar-refractivity contribution in [3.63, 3.8) is 0 Å². The lowest BCUT2D eigenvalue weighted by molar-refractivity contribution is -0.138. The van der Waals surface area contributed by atoms with Crippen LogP contribution in [0.25, 0.3) is 11.0 Å². The molecule has 0 amide bonds. The molecule has 166 valence electrons. The third kappa shape index (κ3) is 3.68. The number of hydrogen-bond donors (Lipinski definition) is 3. The maximum Gasteiger partial charge on any atom is 0.416 e. The maximum absolute atomic E-state index is 13.2. The Morgan fingerprint density at radius 3 is 2.65 bits per heavy atom. The summed E-state index contributed by atoms with van der Waals surface area (Å²) in [5, 5.41) is 32.9. The molecule has 4 rings (SSSR count). The van der Waals surface area contributed by atoms with Crippen LogP contribution in [0, 0.1) is 6.92 Å². The zero-order chi connectivity index (χ0) is 22.7. The molecule has 0 radical (unpaired) electrons. The fourth-order valence-electron chi connectivity index (χ4n) is 3.86. The first-order chi connectivity index (χ1) is 14.4. The minimum Gasteiger partial charge on any atom is -0.386 e. The van der Waals surface area contributed by atoms with E-state index in [1.54, 1.807) is 19.2 Å². The highest BCUT2D eigenvalue weighted by molar-refractivity contribution is 6.30. The Bertz CT molecular complexity index is 1130. The Balaban J connectivity index is 1.71. The van der Waals surface area contributed by atoms with Crippen LogP contribution in [0.4, 0.5) is 13.2 Å². The second-order valence-electron chi connectivity index (χ2n) is 7.75. The van der Waals surface area contributed by atoms with Gasteiger partial charge in [-0.15, -0.1) is 0 Å². The van der Waals surface area contributed by atoms with Gasteiger partial charge in [0.15, 0.2) is 6.23 Å². The molecule has 1 saturated heterocycles. The zero-order valence-corrected chi connectivity index (χ0v) is 17.1. The largest absolute Gasteiger partial charge is 0.416 e. The maximum atomic E-state index is 13.2. The van der Waals surface area contributed by atoms with Crippen molar-refractivity contribution in [2.45, 2.75) is 50.2 Å². The molecular weight excluding hydrogens is 439 g/mol. The van der Waals surface area contributed by atoms with Gasteiger partial charge in [-0.1, -0.05) is 11.6 Å². The number of rotatable bonds is 3. The zero-order valence-electron chi connectivity index (χ0n) is 16.4. The van der Waals surface area contributed by atoms with Crippen molar-refractivity contribution in [1.29, 1.82) is 0 Å². The van der Waals surface area contributed by atoms with Crippen LogP contribution < -0.4 is 0 Å². The molecule has 1 aliphatic rings. The Morgan fingerprint density at radius 1 is 1.26 bits per heavy atom. The van der Waals surface area contributed by atoms with Gasteiger partial charge in [-0.3, -0.25) is 0 Å². The van der Waals surface area contributed by atoms with Crippen LogP contribution in [0.2, 0.25) is 5.02 Å². The highest BCUT2D eigenvalue weighted by Gasteiger charge is 2.56. The predicted molar refractivity (Wildman–Crippen MR) is 104 cm³/mol. The number of aromatic nitrogens is 3. The second-order valence-corrected chi connectivity index (χ2v) is 8.19. The summed E-state index contributed by atoms with van der Waals surface area (Å²) in [5.74, 6) is 0. The summed E-state index contributed by atoms with van der Waals surface area (Å²) in [6.07, 6.45) is -7.57. The summed E-state index contributed by atoms with van der Waals surface area (Å²) in [4.78, 5) is 8.27. The Morgan fingerprint density at radius 2 is 1.97 bits per heavy atom. The summed E-state index contributed by atoms with van der Waals surface area (Å²) in [6.45, 7) is 3.02. The minimum absolute atomic E-state index is 0.200. The van der Waals surface area contributed by atoms with Crippen LogP contribution in [0.3, 0.4) is 0 Å². The van der Waals surface area contributed by atoms with Crippen LogP contribution in [-0.2, 0) is 10.9 Å². The molecule has 0 aliphatic carbocycles. The lowest BCUT2D eigenvalue weighted by Gasteiger charge is -2.30. The van der Waals surface area contributed by atoms with E-state index in [1.807, 2.05) is 0 Å². The molecule has 1 aliphatic heterocycles. The molecule has 2 aromatic heterocycles. The third-order valence-electron chi connectivity index (χ3n) is 5.59. The standard InChI is InChI=1S/C20H19ClF3N3O4/c1-9-13-3-4-27(17(13)26-8-25-9)18-15(29)19(2,30)16(31-18)14(28)10-5-11(20(22,23)24)7-12(21)6-10/h3-8,14-16,18,28-30H,1-2H3/t14-,15+,16-,18-,19+/m1/s1. The number of alkyl halides is 3. The lowest BCUT2D eigenvalue weighted by atomic mass is 9.88. The Hall–Kier alpha value is -2.24. The van der Waals surface area contributed by atoms with Gasteiger partial charge in [-0.2, -0.15) is 13.2 Å². The summed E-state index contributed by atoms with van der Waals surface area (Å²) < 4.78 is 46.7. The van der Waals surface area contributed by atoms with Crippen LogP contribution >= 0.6 is 11.6 Å². The molecule has 1 fully saturated rings. The summed E-state index contributed by atoms with van der Waals surface area (Å²) in [7, 11) is 0. The minimum atomic E-state index is -4.68. The molecular formula is C20H19ClF3N3O4. The van der Waals surface area contributed by atoms with Gasteiger partial charge in [0.2, 0.25) is 0 Å². The molecule has 5 atom stereocenters. The smallest absolute Gasteiger partial charge is 0.386 e. The number of benzene rings is 1. The van der Waals surface area contributed by atoms with Crippen LogP contribution in [0.5, 0.6) is 0 Å². The number of nitrogens with zero attached hydrogens (tertiary/aromatic N) is 3. The molecule has 3 N–H and O–H groups in total. The van der Waals surface area contributed by atoms with Gasteiger partial charge in [0.05, 0.1) is 11.3 Å². The normalized spacial score (nSPS) is 27.7. The van der Waals surface area contributed by atoms with E-state index >= 15 is 0 Å². The fourth-order valence-corrected chi connectivity index (χ4v) is 4.10. The average Bonchev–Trinajstić information content (AvgIpc) is 3.20. The second kappa shape index (κ2) is 7.42. The number of halogens is 4. The molecule has 0 saturated carbocycles. The van der Waals surface area contributed by atoms with Crippen molar-refractivity contribution >= 4 is 22.6 Å². The summed E-state index contributed by atoms with van der Waals surface area (Å²) >= 11 is 5.81. The molecule has 11 heteroatoms. The summed E-state index contributed by atoms with van der Waals surface area (Å²) in [6, 6.07) is 4.34. The molecule has 3 aromatic rings. The molecule has 0 unspecified atom stereocenters. The fraction of sp³-hybridized carbons (Fsp3) is 0.400. The number of aliphatic hydroxyl groups excluding tert-OH is 2. The topological polar surface area (TPSA) is 101 Å². The third-order valence-corrected chi connectivity index (χ3v) is 5.81. The average molecular weight is 458 g/mol. The van der Waals surface area contributed by atoms with Gasteiger partial charge in [-0.05, 0) is 43.7 Å². The van der Waals surface area contributed by atoms with Crippen molar-refractivity contribution in [1.82, 2.24) is 14.5 Å². The van der Waals surface area contributed by atoms with Crippen molar-refractivity contribution in [2.24, 2.45) is 0 Å². The molecule has 1 aromatic carbocycles. The first-order valence-corrected chi connectivity index (χ1v) is 9.69. The number of ether oxygens (including phenoxy) is 1. The number of fused-ring (bicyclic) bond motifs is 1. The van der Waals surface area contributed by atoms with E-state index in [-0.39, 0.29) is 10.6 Å². The van der Waals surface area contributed by atoms with Gasteiger partial charge >= 0.3 is 6.18 Å². The molecule has 0 spiro atoms. The van der Waals surface area contributed by atoms with Crippen LogP contribution in [0.1, 0.15) is 36.1 Å². The first-order valence-electron chi connectivity index (χ1n) is 9.31. The van der Waals surface area contributed by atoms with Crippen molar-refractivity contribution in [3.8, 4) is 0 Å². The van der Waals surface area contributed by atoms with Gasteiger partial charge in [0.25, 0.3) is 0 Å². The van der Waals surface area contributed by atoms with Crippen LogP contribution in [0.15, 0.2) is 36.8 Å². The van der Waals surface area contributed by atoms with E-state index < -0.39 is 41.9 Å². The first kappa shape index (κ1) is 22.0. The van der Waals surface area contributed by atoms with Gasteiger partial charge in [0, 0.05) is 16.6 Å². The van der Waals surface area contributed by atoms with Crippen LogP contribution in [-0.4, -0.2) is 47.7 Å². The highest BCUT2D eigenvalue weighted by atomic mass is 35.5. The van der Waals surface area contributed by atoms with E-state index in [4.69, 9.17) is 16.3 Å². The van der Waals surface area contributed by atoms with Gasteiger partial charge in [-0.25, -0.2) is 9.97 Å². The van der Waals surface area contributed by atoms with E-state index in [0.29, 0.717) is 16.7 Å². The SMILES string of the molecule is Cc1ncnc2c1ccn2[C@@H]1O[C@H]([C@H](O)c2cc(Cl)cc(C(F)(F)F)c2)[C@@](C)(O)[C@H]1O. The molecule has 0 bridgehead atoms. The number of aryl methyl sites for hydroxylation is 1. The molecule has 7 nitrogen and oxygen atoms in total. The van der Waals surface area contributed by atoms with Crippen molar-refractivity contribution in [3.05, 3.63) is 58.6 Å². The number of aliphatic hydroxyl groups is 3. The lowest BCUT2D eigenvalue weighted by Crippen LogP contribution is -2.47. The van der Waals surface area contributed by atoms with Gasteiger partial charge < -0.3 is 24.6 Å². The predicted octanol–water partition coefficient (Wildman–Crippen LogP) is 3.15. The van der Waals surface area contributed by atoms with E-state index in [1.165, 1.54) is 17.8 Å². The van der Waals surface area contributed by atoms with Crippen molar-refractivity contribution in [2.75, 3.05) is 0 Å². The molecule has 3 heterocycles. The highest BCUT2D eigenvalue weighted by Crippen LogP contribution is 2.44. The van der Waals surface area contributed by atoms with Crippen molar-refractivity contribution < 1.29 is 33.2 Å². The Labute approximate surface area is 179 Å². The van der Waals surface area contributed by atoms with E-state index in [2.05, 4.69) is 9.97 Å². The van der Waals surface area contributed by atoms with Gasteiger partial charge in [0.1, 0.15) is 35.9 Å². The number of hydrogen-bond acceptors (Lipinski definition) is 6. The molecule has 31 heavy (non-hydrogen) atoms. The quantitative estimate of drug-likeness (QED) is 0.558. The van der Waals surface area contributed by atoms with E-state index in [9.17, 15) is 28.5 Å². The van der Waals surface area contributed by atoms with E-state index in [0.717, 1.165) is 18.2 Å². The monoisotopic (exact) mass is 457 g/mol. The Kier molecular flexibility index (Phi) is 5.26.